The zero-order valence-electron chi connectivity index (χ0n) is 19.1. The minimum Gasteiger partial charge on any atom is -0.481 e. The first-order valence-corrected chi connectivity index (χ1v) is 11.3. The molecule has 3 N–H and O–H groups in total. The summed E-state index contributed by atoms with van der Waals surface area (Å²) in [4.78, 5) is 11.2. The van der Waals surface area contributed by atoms with Gasteiger partial charge in [-0.1, -0.05) is 48.9 Å². The van der Waals surface area contributed by atoms with Crippen LogP contribution in [0, 0.1) is 17.3 Å². The summed E-state index contributed by atoms with van der Waals surface area (Å²) < 4.78 is 0. The molecule has 1 aromatic rings. The summed E-state index contributed by atoms with van der Waals surface area (Å²) in [6.07, 6.45) is 9.55. The molecule has 3 rings (SSSR count). The number of rotatable bonds is 10. The van der Waals surface area contributed by atoms with Gasteiger partial charge in [-0.25, -0.2) is 0 Å². The third-order valence-electron chi connectivity index (χ3n) is 6.75. The SMILES string of the molecule is CCC(=Cc1ccccc1)C1C[C@@H]1NCC1CCC(NCC(C)(C)C(=O)O)CC1.Cl.Cl. The number of carboxylic acids is 1. The van der Waals surface area contributed by atoms with E-state index in [0.29, 0.717) is 24.5 Å². The van der Waals surface area contributed by atoms with E-state index in [1.54, 1.807) is 19.4 Å². The normalized spacial score (nSPS) is 25.8. The molecule has 1 unspecified atom stereocenters. The van der Waals surface area contributed by atoms with Gasteiger partial charge in [0.25, 0.3) is 0 Å². The number of carbonyl (C=O) groups is 1. The maximum atomic E-state index is 11.2. The van der Waals surface area contributed by atoms with E-state index in [4.69, 9.17) is 0 Å². The van der Waals surface area contributed by atoms with Crippen molar-refractivity contribution in [3.63, 3.8) is 0 Å². The smallest absolute Gasteiger partial charge is 0.310 e. The second kappa shape index (κ2) is 12.8. The van der Waals surface area contributed by atoms with Crippen molar-refractivity contribution in [2.24, 2.45) is 17.3 Å². The Bertz CT molecular complexity index is 701. The monoisotopic (exact) mass is 470 g/mol. The predicted octanol–water partition coefficient (Wildman–Crippen LogP) is 5.56. The van der Waals surface area contributed by atoms with E-state index in [2.05, 4.69) is 54.0 Å². The zero-order valence-corrected chi connectivity index (χ0v) is 20.7. The summed E-state index contributed by atoms with van der Waals surface area (Å²) in [5.41, 5.74) is 2.19. The van der Waals surface area contributed by atoms with Crippen LogP contribution < -0.4 is 10.6 Å². The first kappa shape index (κ1) is 28.0. The molecule has 0 aliphatic heterocycles. The van der Waals surface area contributed by atoms with Crippen LogP contribution in [0.2, 0.25) is 0 Å². The number of halogens is 2. The van der Waals surface area contributed by atoms with Crippen LogP contribution in [0.3, 0.4) is 0 Å². The number of hydrogen-bond acceptors (Lipinski definition) is 3. The van der Waals surface area contributed by atoms with Gasteiger partial charge in [-0.15, -0.1) is 24.8 Å². The zero-order chi connectivity index (χ0) is 20.9. The van der Waals surface area contributed by atoms with Crippen molar-refractivity contribution in [2.75, 3.05) is 13.1 Å². The first-order valence-electron chi connectivity index (χ1n) is 11.3. The van der Waals surface area contributed by atoms with Gasteiger partial charge in [-0.05, 0) is 76.3 Å². The van der Waals surface area contributed by atoms with Gasteiger partial charge >= 0.3 is 5.97 Å². The second-order valence-corrected chi connectivity index (χ2v) is 9.63. The summed E-state index contributed by atoms with van der Waals surface area (Å²) in [5.74, 6) is 0.732. The molecule has 4 nitrogen and oxygen atoms in total. The standard InChI is InChI=1S/C25H38N2O2.2ClH/c1-4-20(14-18-8-6-5-7-9-18)22-15-23(22)26-16-19-10-12-21(13-11-19)27-17-25(2,3)24(28)29;;/h5-9,14,19,21-23,26-27H,4,10-13,15-17H2,1-3H3,(H,28,29);2*1H/t19?,21?,22?,23-;;/m0../s1. The molecule has 6 heteroatoms. The number of benzene rings is 1. The molecule has 0 radical (unpaired) electrons. The number of aliphatic carboxylic acids is 1. The number of hydrogen-bond donors (Lipinski definition) is 3. The van der Waals surface area contributed by atoms with Crippen LogP contribution in [0.4, 0.5) is 0 Å². The number of carboxylic acid groups (broad SMARTS) is 1. The average Bonchev–Trinajstić information content (AvgIpc) is 3.50. The fraction of sp³-hybridized carbons (Fsp3) is 0.640. The minimum atomic E-state index is -0.727. The molecule has 176 valence electrons. The molecular weight excluding hydrogens is 431 g/mol. The molecule has 0 spiro atoms. The lowest BCUT2D eigenvalue weighted by Crippen LogP contribution is -2.43. The molecule has 0 aromatic heterocycles. The summed E-state index contributed by atoms with van der Waals surface area (Å²) >= 11 is 0. The van der Waals surface area contributed by atoms with Crippen LogP contribution in [0.15, 0.2) is 35.9 Å². The Morgan fingerprint density at radius 2 is 1.74 bits per heavy atom. The van der Waals surface area contributed by atoms with Crippen LogP contribution in [0.25, 0.3) is 6.08 Å². The van der Waals surface area contributed by atoms with Crippen molar-refractivity contribution in [3.05, 3.63) is 41.5 Å². The van der Waals surface area contributed by atoms with E-state index < -0.39 is 11.4 Å². The predicted molar refractivity (Wildman–Crippen MR) is 134 cm³/mol. The van der Waals surface area contributed by atoms with E-state index in [-0.39, 0.29) is 24.8 Å². The van der Waals surface area contributed by atoms with Gasteiger partial charge in [-0.3, -0.25) is 4.79 Å². The van der Waals surface area contributed by atoms with E-state index in [1.807, 2.05) is 0 Å². The van der Waals surface area contributed by atoms with Crippen LogP contribution in [0.1, 0.15) is 64.9 Å². The fourth-order valence-corrected chi connectivity index (χ4v) is 4.43. The highest BCUT2D eigenvalue weighted by Gasteiger charge is 2.39. The first-order chi connectivity index (χ1) is 13.9. The van der Waals surface area contributed by atoms with Gasteiger partial charge in [0.1, 0.15) is 0 Å². The van der Waals surface area contributed by atoms with Crippen molar-refractivity contribution in [1.82, 2.24) is 10.6 Å². The molecule has 0 amide bonds. The fourth-order valence-electron chi connectivity index (χ4n) is 4.43. The topological polar surface area (TPSA) is 61.4 Å². The molecule has 2 atom stereocenters. The summed E-state index contributed by atoms with van der Waals surface area (Å²) in [5, 5.41) is 16.6. The van der Waals surface area contributed by atoms with Gasteiger partial charge in [-0.2, -0.15) is 0 Å². The van der Waals surface area contributed by atoms with Crippen molar-refractivity contribution in [2.45, 2.75) is 71.4 Å². The van der Waals surface area contributed by atoms with Crippen LogP contribution in [0.5, 0.6) is 0 Å². The molecule has 0 saturated heterocycles. The Morgan fingerprint density at radius 1 is 1.10 bits per heavy atom. The van der Waals surface area contributed by atoms with Gasteiger partial charge in [0, 0.05) is 18.6 Å². The maximum Gasteiger partial charge on any atom is 0.310 e. The highest BCUT2D eigenvalue weighted by Crippen LogP contribution is 2.40. The lowest BCUT2D eigenvalue weighted by atomic mass is 9.85. The van der Waals surface area contributed by atoms with Crippen LogP contribution in [-0.4, -0.2) is 36.2 Å². The Labute approximate surface area is 200 Å². The molecule has 31 heavy (non-hydrogen) atoms. The summed E-state index contributed by atoms with van der Waals surface area (Å²) in [6, 6.07) is 11.8. The molecule has 2 aliphatic rings. The molecule has 2 fully saturated rings. The quantitative estimate of drug-likeness (QED) is 0.418. The highest BCUT2D eigenvalue weighted by molar-refractivity contribution is 5.85. The molecular formula is C25H40Cl2N2O2. The number of nitrogens with one attached hydrogen (secondary N) is 2. The molecule has 0 heterocycles. The van der Waals surface area contributed by atoms with Gasteiger partial charge in [0.2, 0.25) is 0 Å². The summed E-state index contributed by atoms with van der Waals surface area (Å²) in [7, 11) is 0. The summed E-state index contributed by atoms with van der Waals surface area (Å²) in [6.45, 7) is 7.52. The largest absolute Gasteiger partial charge is 0.481 e. The average molecular weight is 472 g/mol. The highest BCUT2D eigenvalue weighted by atomic mass is 35.5. The van der Waals surface area contributed by atoms with E-state index in [9.17, 15) is 9.90 Å². The van der Waals surface area contributed by atoms with Crippen molar-refractivity contribution in [1.29, 1.82) is 0 Å². The van der Waals surface area contributed by atoms with Gasteiger partial charge in [0.15, 0.2) is 0 Å². The Kier molecular flexibility index (Phi) is 11.6. The van der Waals surface area contributed by atoms with Gasteiger partial charge in [0.05, 0.1) is 5.41 Å². The lowest BCUT2D eigenvalue weighted by Gasteiger charge is -2.31. The Morgan fingerprint density at radius 3 is 2.32 bits per heavy atom. The maximum absolute atomic E-state index is 11.2. The third-order valence-corrected chi connectivity index (χ3v) is 6.75. The lowest BCUT2D eigenvalue weighted by molar-refractivity contribution is -0.146. The second-order valence-electron chi connectivity index (χ2n) is 9.63. The molecule has 2 saturated carbocycles. The molecule has 1 aromatic carbocycles. The van der Waals surface area contributed by atoms with E-state index in [0.717, 1.165) is 31.7 Å². The van der Waals surface area contributed by atoms with Crippen molar-refractivity contribution in [3.8, 4) is 0 Å². The van der Waals surface area contributed by atoms with Crippen LogP contribution in [-0.2, 0) is 4.79 Å². The van der Waals surface area contributed by atoms with Crippen LogP contribution >= 0.6 is 24.8 Å². The van der Waals surface area contributed by atoms with Crippen molar-refractivity contribution < 1.29 is 9.90 Å². The Hall–Kier alpha value is -1.07. The van der Waals surface area contributed by atoms with E-state index >= 15 is 0 Å². The Balaban J connectivity index is 0.00000240. The third kappa shape index (κ3) is 8.42. The molecule has 2 aliphatic carbocycles. The van der Waals surface area contributed by atoms with Gasteiger partial charge < -0.3 is 15.7 Å². The van der Waals surface area contributed by atoms with Crippen molar-refractivity contribution >= 4 is 36.9 Å². The van der Waals surface area contributed by atoms with E-state index in [1.165, 1.54) is 24.8 Å². The molecule has 0 bridgehead atoms. The minimum absolute atomic E-state index is 0.